The van der Waals surface area contributed by atoms with Gasteiger partial charge < -0.3 is 14.8 Å². The second kappa shape index (κ2) is 9.00. The largest absolute Gasteiger partial charge is 0.496 e. The van der Waals surface area contributed by atoms with E-state index in [1.807, 2.05) is 13.0 Å². The highest BCUT2D eigenvalue weighted by Gasteiger charge is 2.17. The smallest absolute Gasteiger partial charge is 0.310 e. The number of methoxy groups -OCH3 is 1. The van der Waals surface area contributed by atoms with Crippen LogP contribution in [0.4, 0.5) is 11.4 Å². The van der Waals surface area contributed by atoms with Crippen molar-refractivity contribution in [3.63, 3.8) is 0 Å². The van der Waals surface area contributed by atoms with E-state index in [4.69, 9.17) is 21.1 Å². The van der Waals surface area contributed by atoms with Gasteiger partial charge >= 0.3 is 5.97 Å². The van der Waals surface area contributed by atoms with E-state index in [-0.39, 0.29) is 22.8 Å². The number of nitrogens with zero attached hydrogens (tertiary/aromatic N) is 1. The van der Waals surface area contributed by atoms with Crippen molar-refractivity contribution in [1.82, 2.24) is 0 Å². The number of hydrogen-bond donors (Lipinski definition) is 1. The molecule has 2 rings (SSSR count). The van der Waals surface area contributed by atoms with Crippen molar-refractivity contribution < 1.29 is 24.0 Å². The predicted octanol–water partition coefficient (Wildman–Crippen LogP) is 3.29. The lowest BCUT2D eigenvalue weighted by Crippen LogP contribution is -2.22. The van der Waals surface area contributed by atoms with Crippen LogP contribution in [0.3, 0.4) is 0 Å². The molecule has 0 atom stereocenters. The van der Waals surface area contributed by atoms with Crippen LogP contribution in [-0.4, -0.2) is 30.5 Å². The number of halogens is 1. The van der Waals surface area contributed by atoms with Crippen molar-refractivity contribution in [2.24, 2.45) is 0 Å². The summed E-state index contributed by atoms with van der Waals surface area (Å²) in [5.41, 5.74) is 1.19. The molecular formula is C18H17ClN2O6. The van der Waals surface area contributed by atoms with Crippen LogP contribution in [0.15, 0.2) is 36.4 Å². The number of nitro benzene ring substituents is 1. The monoisotopic (exact) mass is 392 g/mol. The van der Waals surface area contributed by atoms with Crippen LogP contribution in [0.5, 0.6) is 5.75 Å². The lowest BCUT2D eigenvalue weighted by molar-refractivity contribution is -0.383. The summed E-state index contributed by atoms with van der Waals surface area (Å²) in [6.07, 6.45) is -0.0740. The number of carbonyl (C=O) groups excluding carboxylic acids is 2. The number of esters is 1. The van der Waals surface area contributed by atoms with Crippen LogP contribution in [-0.2, 0) is 20.7 Å². The van der Waals surface area contributed by atoms with E-state index < -0.39 is 23.4 Å². The number of amides is 1. The third kappa shape index (κ3) is 5.68. The molecule has 2 aromatic rings. The SMILES string of the molecule is COc1ccc(C)cc1CC(=O)OCC(=O)Nc1cc(Cl)ccc1[N+](=O)[O-]. The van der Waals surface area contributed by atoms with Gasteiger partial charge in [-0.1, -0.05) is 29.3 Å². The second-order valence-electron chi connectivity index (χ2n) is 5.62. The van der Waals surface area contributed by atoms with Gasteiger partial charge in [0.25, 0.3) is 11.6 Å². The molecule has 1 N–H and O–H groups in total. The summed E-state index contributed by atoms with van der Waals surface area (Å²) in [6, 6.07) is 9.13. The fraction of sp³-hybridized carbons (Fsp3) is 0.222. The highest BCUT2D eigenvalue weighted by molar-refractivity contribution is 6.31. The first kappa shape index (κ1) is 20.2. The first-order chi connectivity index (χ1) is 12.8. The normalized spacial score (nSPS) is 10.2. The summed E-state index contributed by atoms with van der Waals surface area (Å²) in [5, 5.41) is 13.5. The van der Waals surface area contributed by atoms with Crippen molar-refractivity contribution in [2.45, 2.75) is 13.3 Å². The Labute approximate surface area is 160 Å². The van der Waals surface area contributed by atoms with Gasteiger partial charge in [-0.2, -0.15) is 0 Å². The van der Waals surface area contributed by atoms with Crippen LogP contribution in [0, 0.1) is 17.0 Å². The topological polar surface area (TPSA) is 108 Å². The summed E-state index contributed by atoms with van der Waals surface area (Å²) in [6.45, 7) is 1.29. The number of benzene rings is 2. The molecule has 0 saturated heterocycles. The fourth-order valence-electron chi connectivity index (χ4n) is 2.35. The fourth-order valence-corrected chi connectivity index (χ4v) is 2.52. The molecule has 0 aliphatic heterocycles. The van der Waals surface area contributed by atoms with Gasteiger partial charge in [0.05, 0.1) is 18.5 Å². The number of hydrogen-bond acceptors (Lipinski definition) is 6. The number of anilines is 1. The molecule has 0 aliphatic carbocycles. The van der Waals surface area contributed by atoms with Crippen molar-refractivity contribution in [1.29, 1.82) is 0 Å². The molecule has 0 bridgehead atoms. The minimum absolute atomic E-state index is 0.0740. The number of aryl methyl sites for hydroxylation is 1. The molecule has 2 aromatic carbocycles. The van der Waals surface area contributed by atoms with E-state index in [0.29, 0.717) is 11.3 Å². The molecule has 27 heavy (non-hydrogen) atoms. The molecule has 0 heterocycles. The molecule has 142 valence electrons. The van der Waals surface area contributed by atoms with Crippen LogP contribution >= 0.6 is 11.6 Å². The molecule has 0 radical (unpaired) electrons. The zero-order chi connectivity index (χ0) is 20.0. The summed E-state index contributed by atoms with van der Waals surface area (Å²) in [4.78, 5) is 34.3. The van der Waals surface area contributed by atoms with Gasteiger partial charge in [-0.05, 0) is 25.1 Å². The van der Waals surface area contributed by atoms with E-state index >= 15 is 0 Å². The zero-order valence-corrected chi connectivity index (χ0v) is 15.4. The quantitative estimate of drug-likeness (QED) is 0.440. The minimum atomic E-state index is -0.718. The number of ether oxygens (including phenoxy) is 2. The summed E-state index contributed by atoms with van der Waals surface area (Å²) >= 11 is 5.79. The Bertz CT molecular complexity index is 884. The number of carbonyl (C=O) groups is 2. The Kier molecular flexibility index (Phi) is 6.73. The standard InChI is InChI=1S/C18H17ClN2O6/c1-11-3-6-16(26-2)12(7-11)8-18(23)27-10-17(22)20-14-9-13(19)4-5-15(14)21(24)25/h3-7,9H,8,10H2,1-2H3,(H,20,22). The molecule has 0 unspecified atom stereocenters. The van der Waals surface area contributed by atoms with E-state index in [2.05, 4.69) is 5.32 Å². The molecule has 0 aromatic heterocycles. The van der Waals surface area contributed by atoms with Crippen molar-refractivity contribution >= 4 is 34.9 Å². The third-order valence-electron chi connectivity index (χ3n) is 3.56. The van der Waals surface area contributed by atoms with E-state index in [0.717, 1.165) is 5.56 Å². The van der Waals surface area contributed by atoms with Crippen LogP contribution < -0.4 is 10.1 Å². The maximum Gasteiger partial charge on any atom is 0.310 e. The van der Waals surface area contributed by atoms with Gasteiger partial charge in [0.15, 0.2) is 6.61 Å². The number of rotatable bonds is 7. The first-order valence-electron chi connectivity index (χ1n) is 7.83. The Balaban J connectivity index is 1.96. The van der Waals surface area contributed by atoms with Gasteiger partial charge in [-0.15, -0.1) is 0 Å². The molecular weight excluding hydrogens is 376 g/mol. The molecule has 0 spiro atoms. The Morgan fingerprint density at radius 2 is 1.96 bits per heavy atom. The molecule has 0 fully saturated rings. The average molecular weight is 393 g/mol. The van der Waals surface area contributed by atoms with Crippen molar-refractivity contribution in [3.8, 4) is 5.75 Å². The highest BCUT2D eigenvalue weighted by atomic mass is 35.5. The van der Waals surface area contributed by atoms with Gasteiger partial charge in [-0.25, -0.2) is 0 Å². The molecule has 0 aliphatic rings. The third-order valence-corrected chi connectivity index (χ3v) is 3.80. The lowest BCUT2D eigenvalue weighted by Gasteiger charge is -2.10. The Hall–Kier alpha value is -3.13. The number of nitro groups is 1. The molecule has 8 nitrogen and oxygen atoms in total. The summed E-state index contributed by atoms with van der Waals surface area (Å²) in [5.74, 6) is -0.809. The summed E-state index contributed by atoms with van der Waals surface area (Å²) < 4.78 is 10.1. The number of nitrogens with one attached hydrogen (secondary N) is 1. The first-order valence-corrected chi connectivity index (χ1v) is 8.21. The highest BCUT2D eigenvalue weighted by Crippen LogP contribution is 2.27. The lowest BCUT2D eigenvalue weighted by atomic mass is 10.1. The van der Waals surface area contributed by atoms with Crippen molar-refractivity contribution in [3.05, 3.63) is 62.7 Å². The van der Waals surface area contributed by atoms with Crippen molar-refractivity contribution in [2.75, 3.05) is 19.0 Å². The maximum atomic E-state index is 12.0. The average Bonchev–Trinajstić information content (AvgIpc) is 2.60. The zero-order valence-electron chi connectivity index (χ0n) is 14.7. The van der Waals surface area contributed by atoms with Gasteiger partial charge in [-0.3, -0.25) is 19.7 Å². The van der Waals surface area contributed by atoms with E-state index in [1.165, 1.54) is 25.3 Å². The molecule has 1 amide bonds. The Morgan fingerprint density at radius 3 is 2.63 bits per heavy atom. The van der Waals surface area contributed by atoms with E-state index in [1.54, 1.807) is 12.1 Å². The van der Waals surface area contributed by atoms with Crippen LogP contribution in [0.25, 0.3) is 0 Å². The second-order valence-corrected chi connectivity index (χ2v) is 6.06. The van der Waals surface area contributed by atoms with Crippen LogP contribution in [0.1, 0.15) is 11.1 Å². The predicted molar refractivity (Wildman–Crippen MR) is 99.1 cm³/mol. The molecule has 0 saturated carbocycles. The molecule has 9 heteroatoms. The van der Waals surface area contributed by atoms with E-state index in [9.17, 15) is 19.7 Å². The summed E-state index contributed by atoms with van der Waals surface area (Å²) in [7, 11) is 1.49. The minimum Gasteiger partial charge on any atom is -0.496 e. The van der Waals surface area contributed by atoms with Gasteiger partial charge in [0, 0.05) is 16.7 Å². The van der Waals surface area contributed by atoms with Gasteiger partial charge in [0.2, 0.25) is 0 Å². The maximum absolute atomic E-state index is 12.0. The van der Waals surface area contributed by atoms with Crippen LogP contribution in [0.2, 0.25) is 5.02 Å². The Morgan fingerprint density at radius 1 is 1.22 bits per heavy atom. The van der Waals surface area contributed by atoms with Gasteiger partial charge in [0.1, 0.15) is 11.4 Å².